The second kappa shape index (κ2) is 8.20. The fourth-order valence-electron chi connectivity index (χ4n) is 4.06. The molecule has 0 atom stereocenters. The first-order chi connectivity index (χ1) is 14.3. The second-order valence-electron chi connectivity index (χ2n) is 7.98. The number of rotatable bonds is 4. The lowest BCUT2D eigenvalue weighted by molar-refractivity contribution is 0.0713. The molecule has 0 spiro atoms. The van der Waals surface area contributed by atoms with Crippen LogP contribution in [0.2, 0.25) is 0 Å². The summed E-state index contributed by atoms with van der Waals surface area (Å²) in [4.78, 5) is 15.3. The van der Waals surface area contributed by atoms with Gasteiger partial charge in [-0.2, -0.15) is 0 Å². The molecule has 5 nitrogen and oxygen atoms in total. The van der Waals surface area contributed by atoms with Crippen LogP contribution in [0, 0.1) is 13.8 Å². The van der Waals surface area contributed by atoms with Gasteiger partial charge in [0.2, 0.25) is 10.0 Å². The summed E-state index contributed by atoms with van der Waals surface area (Å²) in [6, 6.07) is 18.9. The number of hydrogen-bond acceptors (Lipinski definition) is 3. The lowest BCUT2D eigenvalue weighted by atomic mass is 10.0. The molecule has 0 aliphatic carbocycles. The fraction of sp³-hybridized carbons (Fsp3) is 0.292. The van der Waals surface area contributed by atoms with Gasteiger partial charge in [0, 0.05) is 24.7 Å². The Labute approximate surface area is 177 Å². The van der Waals surface area contributed by atoms with Crippen LogP contribution in [0.15, 0.2) is 65.6 Å². The van der Waals surface area contributed by atoms with E-state index < -0.39 is 10.0 Å². The number of amides is 1. The van der Waals surface area contributed by atoms with Crippen LogP contribution < -0.4 is 4.72 Å². The van der Waals surface area contributed by atoms with Crippen LogP contribution in [-0.2, 0) is 10.0 Å². The molecule has 1 heterocycles. The Morgan fingerprint density at radius 1 is 0.967 bits per heavy atom. The van der Waals surface area contributed by atoms with Gasteiger partial charge in [0.1, 0.15) is 0 Å². The highest BCUT2D eigenvalue weighted by molar-refractivity contribution is 7.89. The minimum absolute atomic E-state index is 0.00244. The average molecular weight is 423 g/mol. The third kappa shape index (κ3) is 4.11. The van der Waals surface area contributed by atoms with E-state index in [9.17, 15) is 13.2 Å². The number of likely N-dealkylation sites (tertiary alicyclic amines) is 1. The van der Waals surface area contributed by atoms with Crippen LogP contribution in [0.4, 0.5) is 0 Å². The molecule has 0 radical (unpaired) electrons. The summed E-state index contributed by atoms with van der Waals surface area (Å²) in [6.45, 7) is 4.75. The van der Waals surface area contributed by atoms with Gasteiger partial charge in [-0.1, -0.05) is 48.5 Å². The topological polar surface area (TPSA) is 66.5 Å². The lowest BCUT2D eigenvalue weighted by Crippen LogP contribution is -2.46. The minimum atomic E-state index is -3.59. The number of benzene rings is 3. The van der Waals surface area contributed by atoms with Gasteiger partial charge in [-0.3, -0.25) is 4.79 Å². The van der Waals surface area contributed by atoms with Crippen molar-refractivity contribution in [1.29, 1.82) is 0 Å². The van der Waals surface area contributed by atoms with Crippen LogP contribution >= 0.6 is 0 Å². The highest BCUT2D eigenvalue weighted by Gasteiger charge is 2.28. The van der Waals surface area contributed by atoms with Crippen LogP contribution in [0.3, 0.4) is 0 Å². The summed E-state index contributed by atoms with van der Waals surface area (Å²) >= 11 is 0. The number of carbonyl (C=O) groups excluding carboxylic acids is 1. The predicted octanol–water partition coefficient (Wildman–Crippen LogP) is 4.04. The van der Waals surface area contributed by atoms with E-state index in [0.717, 1.165) is 21.9 Å². The number of aryl methyl sites for hydroxylation is 2. The van der Waals surface area contributed by atoms with Crippen molar-refractivity contribution in [2.24, 2.45) is 0 Å². The van der Waals surface area contributed by atoms with Crippen LogP contribution in [0.1, 0.15) is 34.3 Å². The molecule has 4 rings (SSSR count). The fourth-order valence-corrected chi connectivity index (χ4v) is 5.70. The van der Waals surface area contributed by atoms with Gasteiger partial charge in [-0.25, -0.2) is 13.1 Å². The van der Waals surface area contributed by atoms with Crippen molar-refractivity contribution in [2.45, 2.75) is 37.6 Å². The summed E-state index contributed by atoms with van der Waals surface area (Å²) in [5, 5.41) is 1.99. The third-order valence-corrected chi connectivity index (χ3v) is 7.42. The summed E-state index contributed by atoms with van der Waals surface area (Å²) in [6.07, 6.45) is 1.20. The minimum Gasteiger partial charge on any atom is -0.339 e. The molecule has 1 saturated heterocycles. The Balaban J connectivity index is 1.45. The molecular formula is C24H26N2O3S. The SMILES string of the molecule is Cc1ccc(C)c(S(=O)(=O)NC2CCN(C(=O)c3cccc4ccccc34)CC2)c1. The van der Waals surface area contributed by atoms with Gasteiger partial charge in [0.05, 0.1) is 4.90 Å². The largest absolute Gasteiger partial charge is 0.339 e. The van der Waals surface area contributed by atoms with Gasteiger partial charge < -0.3 is 4.90 Å². The molecule has 3 aromatic carbocycles. The Hall–Kier alpha value is -2.70. The van der Waals surface area contributed by atoms with E-state index in [-0.39, 0.29) is 11.9 Å². The van der Waals surface area contributed by atoms with E-state index in [0.29, 0.717) is 36.4 Å². The zero-order valence-corrected chi connectivity index (χ0v) is 18.1. The second-order valence-corrected chi connectivity index (χ2v) is 9.67. The monoisotopic (exact) mass is 422 g/mol. The number of nitrogens with zero attached hydrogens (tertiary/aromatic N) is 1. The molecular weight excluding hydrogens is 396 g/mol. The maximum Gasteiger partial charge on any atom is 0.254 e. The van der Waals surface area contributed by atoms with Crippen molar-refractivity contribution < 1.29 is 13.2 Å². The highest BCUT2D eigenvalue weighted by atomic mass is 32.2. The maximum atomic E-state index is 13.1. The van der Waals surface area contributed by atoms with Gasteiger partial charge in [0.15, 0.2) is 0 Å². The summed E-state index contributed by atoms with van der Waals surface area (Å²) in [5.41, 5.74) is 2.34. The van der Waals surface area contributed by atoms with Crippen molar-refractivity contribution in [2.75, 3.05) is 13.1 Å². The quantitative estimate of drug-likeness (QED) is 0.690. The van der Waals surface area contributed by atoms with E-state index in [4.69, 9.17) is 0 Å². The van der Waals surface area contributed by atoms with E-state index in [1.165, 1.54) is 0 Å². The van der Waals surface area contributed by atoms with E-state index >= 15 is 0 Å². The highest BCUT2D eigenvalue weighted by Crippen LogP contribution is 2.23. The first kappa shape index (κ1) is 20.6. The smallest absolute Gasteiger partial charge is 0.254 e. The first-order valence-electron chi connectivity index (χ1n) is 10.2. The average Bonchev–Trinajstić information content (AvgIpc) is 2.75. The Morgan fingerprint density at radius 2 is 1.67 bits per heavy atom. The Morgan fingerprint density at radius 3 is 2.43 bits per heavy atom. The molecule has 1 aliphatic rings. The molecule has 0 unspecified atom stereocenters. The summed E-state index contributed by atoms with van der Waals surface area (Å²) < 4.78 is 28.6. The van der Waals surface area contributed by atoms with Crippen LogP contribution in [-0.4, -0.2) is 38.4 Å². The zero-order valence-electron chi connectivity index (χ0n) is 17.3. The van der Waals surface area contributed by atoms with Gasteiger partial charge in [-0.05, 0) is 60.7 Å². The van der Waals surface area contributed by atoms with Crippen molar-refractivity contribution in [3.63, 3.8) is 0 Å². The maximum absolute atomic E-state index is 13.1. The number of sulfonamides is 1. The Kier molecular flexibility index (Phi) is 5.62. The number of piperidine rings is 1. The first-order valence-corrected chi connectivity index (χ1v) is 11.7. The van der Waals surface area contributed by atoms with Crippen molar-refractivity contribution in [1.82, 2.24) is 9.62 Å². The lowest BCUT2D eigenvalue weighted by Gasteiger charge is -2.32. The van der Waals surface area contributed by atoms with E-state index in [2.05, 4.69) is 4.72 Å². The van der Waals surface area contributed by atoms with Gasteiger partial charge in [0.25, 0.3) is 5.91 Å². The normalized spacial score (nSPS) is 15.5. The number of fused-ring (bicyclic) bond motifs is 1. The molecule has 0 saturated carbocycles. The van der Waals surface area contributed by atoms with E-state index in [1.54, 1.807) is 13.0 Å². The summed E-state index contributed by atoms with van der Waals surface area (Å²) in [5.74, 6) is 0.00244. The zero-order chi connectivity index (χ0) is 21.3. The molecule has 156 valence electrons. The molecule has 1 amide bonds. The molecule has 1 aliphatic heterocycles. The summed E-state index contributed by atoms with van der Waals surface area (Å²) in [7, 11) is -3.59. The van der Waals surface area contributed by atoms with Gasteiger partial charge in [-0.15, -0.1) is 0 Å². The Bertz CT molecular complexity index is 1190. The molecule has 1 N–H and O–H groups in total. The molecule has 1 fully saturated rings. The standard InChI is InChI=1S/C24H26N2O3S/c1-17-10-11-18(2)23(16-17)30(28,29)25-20-12-14-26(15-13-20)24(27)22-9-5-7-19-6-3-4-8-21(19)22/h3-11,16,20,25H,12-15H2,1-2H3. The molecule has 0 aromatic heterocycles. The molecule has 6 heteroatoms. The molecule has 30 heavy (non-hydrogen) atoms. The number of nitrogens with one attached hydrogen (secondary N) is 1. The third-order valence-electron chi connectivity index (χ3n) is 5.76. The van der Waals surface area contributed by atoms with Crippen molar-refractivity contribution in [3.8, 4) is 0 Å². The van der Waals surface area contributed by atoms with Crippen LogP contribution in [0.5, 0.6) is 0 Å². The van der Waals surface area contributed by atoms with Crippen molar-refractivity contribution in [3.05, 3.63) is 77.4 Å². The molecule has 0 bridgehead atoms. The van der Waals surface area contributed by atoms with E-state index in [1.807, 2.05) is 66.4 Å². The molecule has 3 aromatic rings. The number of hydrogen-bond donors (Lipinski definition) is 1. The number of carbonyl (C=O) groups is 1. The predicted molar refractivity (Wildman–Crippen MR) is 119 cm³/mol. The van der Waals surface area contributed by atoms with Crippen LogP contribution in [0.25, 0.3) is 10.8 Å². The van der Waals surface area contributed by atoms with Crippen molar-refractivity contribution >= 4 is 26.7 Å². The van der Waals surface area contributed by atoms with Gasteiger partial charge >= 0.3 is 0 Å².